The van der Waals surface area contributed by atoms with Crippen molar-refractivity contribution in [2.24, 2.45) is 0 Å². The Bertz CT molecular complexity index is 323. The van der Waals surface area contributed by atoms with Gasteiger partial charge in [-0.1, -0.05) is 18.2 Å². The number of ether oxygens (including phenoxy) is 1. The number of carbonyl (C=O) groups excluding carboxylic acids is 1. The van der Waals surface area contributed by atoms with Crippen LogP contribution in [-0.2, 0) is 4.74 Å². The van der Waals surface area contributed by atoms with Crippen LogP contribution >= 0.6 is 11.8 Å². The van der Waals surface area contributed by atoms with Gasteiger partial charge in [0.2, 0.25) is 0 Å². The molecule has 0 aliphatic rings. The largest absolute Gasteiger partial charge is 0.385 e. The molecule has 1 aromatic rings. The van der Waals surface area contributed by atoms with E-state index in [-0.39, 0.29) is 5.78 Å². The molecule has 0 spiro atoms. The van der Waals surface area contributed by atoms with Gasteiger partial charge in [0.05, 0.1) is 0 Å². The van der Waals surface area contributed by atoms with Crippen molar-refractivity contribution >= 4 is 17.5 Å². The second-order valence-corrected chi connectivity index (χ2v) is 4.38. The molecule has 1 rings (SSSR count). The zero-order valence-electron chi connectivity index (χ0n) is 9.16. The summed E-state index contributed by atoms with van der Waals surface area (Å²) < 4.78 is 4.98. The van der Waals surface area contributed by atoms with Crippen LogP contribution in [0.3, 0.4) is 0 Å². The van der Waals surface area contributed by atoms with E-state index in [1.54, 1.807) is 25.8 Å². The highest BCUT2D eigenvalue weighted by Crippen LogP contribution is 2.23. The fraction of sp³-hybridized carbons (Fsp3) is 0.417. The Morgan fingerprint density at radius 2 is 2.13 bits per heavy atom. The number of ketones is 1. The molecule has 0 aromatic heterocycles. The summed E-state index contributed by atoms with van der Waals surface area (Å²) in [6.45, 7) is 2.38. The van der Waals surface area contributed by atoms with Crippen LogP contribution in [-0.4, -0.2) is 25.3 Å². The van der Waals surface area contributed by atoms with E-state index in [2.05, 4.69) is 0 Å². The molecular formula is C12H16O2S. The van der Waals surface area contributed by atoms with Crippen LogP contribution in [0.25, 0.3) is 0 Å². The number of hydrogen-bond acceptors (Lipinski definition) is 3. The summed E-state index contributed by atoms with van der Waals surface area (Å²) >= 11 is 1.71. The van der Waals surface area contributed by atoms with Crippen molar-refractivity contribution in [3.05, 3.63) is 29.8 Å². The molecule has 82 valence electrons. The number of methoxy groups -OCH3 is 1. The van der Waals surface area contributed by atoms with Crippen molar-refractivity contribution in [1.29, 1.82) is 0 Å². The second-order valence-electron chi connectivity index (χ2n) is 3.25. The molecule has 0 radical (unpaired) electrons. The molecule has 0 saturated heterocycles. The first-order valence-electron chi connectivity index (χ1n) is 4.97. The van der Waals surface area contributed by atoms with Gasteiger partial charge in [-0.15, -0.1) is 11.8 Å². The SMILES string of the molecule is COCCCSc1ccccc1C(C)=O. The Labute approximate surface area is 95.0 Å². The maximum absolute atomic E-state index is 11.3. The van der Waals surface area contributed by atoms with E-state index in [1.165, 1.54) is 0 Å². The van der Waals surface area contributed by atoms with Crippen molar-refractivity contribution in [2.45, 2.75) is 18.2 Å². The van der Waals surface area contributed by atoms with Crippen molar-refractivity contribution in [2.75, 3.05) is 19.5 Å². The van der Waals surface area contributed by atoms with Crippen LogP contribution in [0.5, 0.6) is 0 Å². The third-order valence-corrected chi connectivity index (χ3v) is 3.18. The Morgan fingerprint density at radius 3 is 2.80 bits per heavy atom. The van der Waals surface area contributed by atoms with E-state index in [9.17, 15) is 4.79 Å². The molecule has 0 aliphatic carbocycles. The number of thioether (sulfide) groups is 1. The molecule has 0 fully saturated rings. The predicted octanol–water partition coefficient (Wildman–Crippen LogP) is 3.02. The number of Topliss-reactive ketones (excluding diaryl/α,β-unsaturated/α-hetero) is 1. The average Bonchev–Trinajstić information content (AvgIpc) is 2.25. The smallest absolute Gasteiger partial charge is 0.160 e. The minimum atomic E-state index is 0.129. The molecule has 15 heavy (non-hydrogen) atoms. The third kappa shape index (κ3) is 4.06. The van der Waals surface area contributed by atoms with Crippen LogP contribution in [0.1, 0.15) is 23.7 Å². The van der Waals surface area contributed by atoms with Crippen LogP contribution in [0.15, 0.2) is 29.2 Å². The Morgan fingerprint density at radius 1 is 1.40 bits per heavy atom. The van der Waals surface area contributed by atoms with Crippen molar-refractivity contribution < 1.29 is 9.53 Å². The average molecular weight is 224 g/mol. The zero-order valence-corrected chi connectivity index (χ0v) is 9.97. The highest BCUT2D eigenvalue weighted by atomic mass is 32.2. The lowest BCUT2D eigenvalue weighted by atomic mass is 10.1. The quantitative estimate of drug-likeness (QED) is 0.422. The summed E-state index contributed by atoms with van der Waals surface area (Å²) in [6.07, 6.45) is 1.01. The Balaban J connectivity index is 2.56. The van der Waals surface area contributed by atoms with Gasteiger partial charge in [-0.3, -0.25) is 4.79 Å². The van der Waals surface area contributed by atoms with Crippen LogP contribution in [0, 0.1) is 0 Å². The summed E-state index contributed by atoms with van der Waals surface area (Å²) in [7, 11) is 1.70. The fourth-order valence-electron chi connectivity index (χ4n) is 1.27. The first-order valence-corrected chi connectivity index (χ1v) is 5.96. The summed E-state index contributed by atoms with van der Waals surface area (Å²) in [5, 5.41) is 0. The molecular weight excluding hydrogens is 208 g/mol. The highest BCUT2D eigenvalue weighted by Gasteiger charge is 2.05. The summed E-state index contributed by atoms with van der Waals surface area (Å²) in [6, 6.07) is 7.73. The molecule has 2 nitrogen and oxygen atoms in total. The zero-order chi connectivity index (χ0) is 11.1. The molecule has 0 aliphatic heterocycles. The normalized spacial score (nSPS) is 10.3. The number of carbonyl (C=O) groups is 1. The molecule has 0 unspecified atom stereocenters. The van der Waals surface area contributed by atoms with E-state index >= 15 is 0 Å². The molecule has 0 N–H and O–H groups in total. The monoisotopic (exact) mass is 224 g/mol. The molecule has 0 bridgehead atoms. The van der Waals surface area contributed by atoms with Crippen LogP contribution in [0.2, 0.25) is 0 Å². The second kappa shape index (κ2) is 6.64. The Kier molecular flexibility index (Phi) is 5.43. The van der Waals surface area contributed by atoms with E-state index in [4.69, 9.17) is 4.74 Å². The predicted molar refractivity (Wildman–Crippen MR) is 63.7 cm³/mol. The molecule has 0 amide bonds. The van der Waals surface area contributed by atoms with Gasteiger partial charge in [0.25, 0.3) is 0 Å². The van der Waals surface area contributed by atoms with E-state index in [1.807, 2.05) is 24.3 Å². The highest BCUT2D eigenvalue weighted by molar-refractivity contribution is 7.99. The summed E-state index contributed by atoms with van der Waals surface area (Å²) in [5.74, 6) is 1.11. The van der Waals surface area contributed by atoms with Gasteiger partial charge in [0.15, 0.2) is 5.78 Å². The van der Waals surface area contributed by atoms with E-state index in [0.29, 0.717) is 0 Å². The van der Waals surface area contributed by atoms with Gasteiger partial charge in [-0.25, -0.2) is 0 Å². The molecule has 1 aromatic carbocycles. The van der Waals surface area contributed by atoms with Crippen molar-refractivity contribution in [3.8, 4) is 0 Å². The topological polar surface area (TPSA) is 26.3 Å². The van der Waals surface area contributed by atoms with Crippen LogP contribution < -0.4 is 0 Å². The van der Waals surface area contributed by atoms with Gasteiger partial charge >= 0.3 is 0 Å². The minimum absolute atomic E-state index is 0.129. The molecule has 0 heterocycles. The lowest BCUT2D eigenvalue weighted by Crippen LogP contribution is -1.96. The maximum atomic E-state index is 11.3. The van der Waals surface area contributed by atoms with Gasteiger partial charge in [0.1, 0.15) is 0 Å². The summed E-state index contributed by atoms with van der Waals surface area (Å²) in [5.41, 5.74) is 0.819. The maximum Gasteiger partial charge on any atom is 0.160 e. The first kappa shape index (κ1) is 12.3. The lowest BCUT2D eigenvalue weighted by molar-refractivity contribution is 0.101. The summed E-state index contributed by atoms with van der Waals surface area (Å²) in [4.78, 5) is 12.4. The van der Waals surface area contributed by atoms with Gasteiger partial charge in [-0.05, 0) is 19.4 Å². The van der Waals surface area contributed by atoms with Gasteiger partial charge in [-0.2, -0.15) is 0 Å². The number of hydrogen-bond donors (Lipinski definition) is 0. The molecule has 3 heteroatoms. The van der Waals surface area contributed by atoms with Crippen molar-refractivity contribution in [3.63, 3.8) is 0 Å². The van der Waals surface area contributed by atoms with E-state index in [0.717, 1.165) is 29.2 Å². The van der Waals surface area contributed by atoms with Crippen LogP contribution in [0.4, 0.5) is 0 Å². The molecule has 0 atom stereocenters. The molecule has 0 saturated carbocycles. The van der Waals surface area contributed by atoms with E-state index < -0.39 is 0 Å². The van der Waals surface area contributed by atoms with Crippen molar-refractivity contribution in [1.82, 2.24) is 0 Å². The number of rotatable bonds is 6. The standard InChI is InChI=1S/C12H16O2S/c1-10(13)11-6-3-4-7-12(11)15-9-5-8-14-2/h3-4,6-7H,5,8-9H2,1-2H3. The fourth-order valence-corrected chi connectivity index (χ4v) is 2.29. The van der Waals surface area contributed by atoms with Gasteiger partial charge < -0.3 is 4.74 Å². The first-order chi connectivity index (χ1) is 7.25. The lowest BCUT2D eigenvalue weighted by Gasteiger charge is -2.05. The Hall–Kier alpha value is -0.800. The van der Waals surface area contributed by atoms with Gasteiger partial charge in [0, 0.05) is 29.9 Å². The third-order valence-electron chi connectivity index (χ3n) is 2.02. The number of benzene rings is 1. The minimum Gasteiger partial charge on any atom is -0.385 e.